The highest BCUT2D eigenvalue weighted by molar-refractivity contribution is 5.96. The molecule has 3 aromatic carbocycles. The minimum absolute atomic E-state index is 0.0431. The van der Waals surface area contributed by atoms with Gasteiger partial charge in [0.05, 0.1) is 12.6 Å². The van der Waals surface area contributed by atoms with Crippen LogP contribution in [0.2, 0.25) is 0 Å². The van der Waals surface area contributed by atoms with E-state index in [1.807, 2.05) is 62.4 Å². The molecule has 0 aromatic heterocycles. The Hall–Kier alpha value is -3.14. The molecule has 1 atom stereocenters. The second kappa shape index (κ2) is 9.18. The van der Waals surface area contributed by atoms with Crippen molar-refractivity contribution in [3.8, 4) is 5.75 Å². The largest absolute Gasteiger partial charge is 0.494 e. The van der Waals surface area contributed by atoms with Crippen molar-refractivity contribution in [1.29, 1.82) is 0 Å². The van der Waals surface area contributed by atoms with Crippen molar-refractivity contribution in [2.45, 2.75) is 26.3 Å². The summed E-state index contributed by atoms with van der Waals surface area (Å²) in [5.41, 5.74) is 3.60. The number of ketones is 1. The van der Waals surface area contributed by atoms with E-state index in [4.69, 9.17) is 4.74 Å². The SMILES string of the molecule is CCOc1ccc(C(CC(=O)c2ccc(F)cc2)Nc2ccc(C)cc2)cc1. The van der Waals surface area contributed by atoms with E-state index in [0.29, 0.717) is 12.2 Å². The molecule has 3 aromatic rings. The summed E-state index contributed by atoms with van der Waals surface area (Å²) in [5.74, 6) is 0.404. The molecule has 1 unspecified atom stereocenters. The lowest BCUT2D eigenvalue weighted by molar-refractivity contribution is 0.0976. The second-order valence-electron chi connectivity index (χ2n) is 6.70. The molecule has 0 saturated carbocycles. The number of ether oxygens (including phenoxy) is 1. The summed E-state index contributed by atoms with van der Waals surface area (Å²) in [6.45, 7) is 4.58. The van der Waals surface area contributed by atoms with Gasteiger partial charge in [-0.15, -0.1) is 0 Å². The normalized spacial score (nSPS) is 11.7. The van der Waals surface area contributed by atoms with Crippen molar-refractivity contribution in [3.05, 3.63) is 95.3 Å². The van der Waals surface area contributed by atoms with E-state index in [9.17, 15) is 9.18 Å². The maximum absolute atomic E-state index is 13.2. The van der Waals surface area contributed by atoms with Crippen molar-refractivity contribution in [1.82, 2.24) is 0 Å². The van der Waals surface area contributed by atoms with Crippen molar-refractivity contribution in [2.75, 3.05) is 11.9 Å². The number of hydrogen-bond donors (Lipinski definition) is 1. The molecule has 1 N–H and O–H groups in total. The number of anilines is 1. The average Bonchev–Trinajstić information content (AvgIpc) is 2.70. The number of carbonyl (C=O) groups excluding carboxylic acids is 1. The third kappa shape index (κ3) is 5.19. The van der Waals surface area contributed by atoms with E-state index in [1.165, 1.54) is 29.8 Å². The van der Waals surface area contributed by atoms with Crippen LogP contribution in [0.3, 0.4) is 0 Å². The smallest absolute Gasteiger partial charge is 0.165 e. The van der Waals surface area contributed by atoms with Crippen LogP contribution in [-0.4, -0.2) is 12.4 Å². The van der Waals surface area contributed by atoms with E-state index in [2.05, 4.69) is 5.32 Å². The first-order chi connectivity index (χ1) is 13.5. The van der Waals surface area contributed by atoms with Gasteiger partial charge in [0.2, 0.25) is 0 Å². The van der Waals surface area contributed by atoms with Gasteiger partial charge in [-0.2, -0.15) is 0 Å². The lowest BCUT2D eigenvalue weighted by Crippen LogP contribution is -2.16. The number of nitrogens with one attached hydrogen (secondary N) is 1. The molecule has 3 rings (SSSR count). The molecule has 28 heavy (non-hydrogen) atoms. The summed E-state index contributed by atoms with van der Waals surface area (Å²) < 4.78 is 18.7. The number of hydrogen-bond acceptors (Lipinski definition) is 3. The molecule has 4 heteroatoms. The van der Waals surface area contributed by atoms with Crippen LogP contribution < -0.4 is 10.1 Å². The van der Waals surface area contributed by atoms with Gasteiger partial charge in [-0.05, 0) is 67.9 Å². The zero-order chi connectivity index (χ0) is 19.9. The summed E-state index contributed by atoms with van der Waals surface area (Å²) in [4.78, 5) is 12.8. The molecule has 0 fully saturated rings. The van der Waals surface area contributed by atoms with Gasteiger partial charge in [-0.3, -0.25) is 4.79 Å². The Morgan fingerprint density at radius 1 is 0.964 bits per heavy atom. The van der Waals surface area contributed by atoms with E-state index in [-0.39, 0.29) is 24.1 Å². The Kier molecular flexibility index (Phi) is 6.43. The van der Waals surface area contributed by atoms with Gasteiger partial charge in [0.15, 0.2) is 5.78 Å². The van der Waals surface area contributed by atoms with Crippen molar-refractivity contribution in [2.24, 2.45) is 0 Å². The van der Waals surface area contributed by atoms with Crippen molar-refractivity contribution >= 4 is 11.5 Å². The Morgan fingerprint density at radius 2 is 1.61 bits per heavy atom. The first-order valence-corrected chi connectivity index (χ1v) is 9.40. The van der Waals surface area contributed by atoms with Gasteiger partial charge in [-0.25, -0.2) is 4.39 Å². The van der Waals surface area contributed by atoms with Crippen LogP contribution in [0, 0.1) is 12.7 Å². The number of halogens is 1. The van der Waals surface area contributed by atoms with Gasteiger partial charge < -0.3 is 10.1 Å². The number of Topliss-reactive ketones (excluding diaryl/α,β-unsaturated/α-hetero) is 1. The first kappa shape index (κ1) is 19.6. The molecule has 0 aliphatic rings. The third-order valence-corrected chi connectivity index (χ3v) is 4.54. The number of carbonyl (C=O) groups is 1. The fourth-order valence-corrected chi connectivity index (χ4v) is 3.01. The van der Waals surface area contributed by atoms with Gasteiger partial charge in [0.25, 0.3) is 0 Å². The molecule has 0 spiro atoms. The van der Waals surface area contributed by atoms with Crippen molar-refractivity contribution in [3.63, 3.8) is 0 Å². The molecule has 0 amide bonds. The Bertz CT molecular complexity index is 903. The van der Waals surface area contributed by atoms with Crippen LogP contribution in [0.25, 0.3) is 0 Å². The van der Waals surface area contributed by atoms with Gasteiger partial charge in [0.1, 0.15) is 11.6 Å². The third-order valence-electron chi connectivity index (χ3n) is 4.54. The number of rotatable bonds is 8. The van der Waals surface area contributed by atoms with E-state index in [1.54, 1.807) is 0 Å². The van der Waals surface area contributed by atoms with Crippen LogP contribution in [-0.2, 0) is 0 Å². The molecule has 0 saturated heterocycles. The summed E-state index contributed by atoms with van der Waals surface area (Å²) in [5, 5.41) is 3.45. The van der Waals surface area contributed by atoms with Crippen LogP contribution in [0.4, 0.5) is 10.1 Å². The fourth-order valence-electron chi connectivity index (χ4n) is 3.01. The van der Waals surface area contributed by atoms with Crippen molar-refractivity contribution < 1.29 is 13.9 Å². The van der Waals surface area contributed by atoms with E-state index < -0.39 is 0 Å². The minimum Gasteiger partial charge on any atom is -0.494 e. The molecule has 0 aliphatic carbocycles. The van der Waals surface area contributed by atoms with Crippen LogP contribution >= 0.6 is 0 Å². The summed E-state index contributed by atoms with van der Waals surface area (Å²) in [6, 6.07) is 21.3. The zero-order valence-electron chi connectivity index (χ0n) is 16.1. The lowest BCUT2D eigenvalue weighted by atomic mass is 9.97. The van der Waals surface area contributed by atoms with Crippen LogP contribution in [0.1, 0.15) is 40.9 Å². The van der Waals surface area contributed by atoms with Gasteiger partial charge >= 0.3 is 0 Å². The van der Waals surface area contributed by atoms with Crippen LogP contribution in [0.5, 0.6) is 5.75 Å². The van der Waals surface area contributed by atoms with E-state index >= 15 is 0 Å². The summed E-state index contributed by atoms with van der Waals surface area (Å²) in [6.07, 6.45) is 0.257. The first-order valence-electron chi connectivity index (χ1n) is 9.40. The molecule has 0 heterocycles. The highest BCUT2D eigenvalue weighted by Gasteiger charge is 2.18. The Labute approximate surface area is 165 Å². The summed E-state index contributed by atoms with van der Waals surface area (Å²) in [7, 11) is 0. The number of aryl methyl sites for hydroxylation is 1. The fraction of sp³-hybridized carbons (Fsp3) is 0.208. The van der Waals surface area contributed by atoms with Gasteiger partial charge in [-0.1, -0.05) is 29.8 Å². The molecule has 0 bridgehead atoms. The Balaban J connectivity index is 1.83. The number of benzene rings is 3. The highest BCUT2D eigenvalue weighted by Crippen LogP contribution is 2.26. The van der Waals surface area contributed by atoms with E-state index in [0.717, 1.165) is 17.0 Å². The van der Waals surface area contributed by atoms with Crippen LogP contribution in [0.15, 0.2) is 72.8 Å². The quantitative estimate of drug-likeness (QED) is 0.492. The molecule has 3 nitrogen and oxygen atoms in total. The maximum atomic E-state index is 13.2. The highest BCUT2D eigenvalue weighted by atomic mass is 19.1. The Morgan fingerprint density at radius 3 is 2.21 bits per heavy atom. The second-order valence-corrected chi connectivity index (χ2v) is 6.70. The monoisotopic (exact) mass is 377 g/mol. The minimum atomic E-state index is -0.350. The molecule has 144 valence electrons. The topological polar surface area (TPSA) is 38.3 Å². The standard InChI is InChI=1S/C24H24FNO2/c1-3-28-22-14-8-18(9-15-22)23(26-21-12-4-17(2)5-13-21)16-24(27)19-6-10-20(25)11-7-19/h4-15,23,26H,3,16H2,1-2H3. The molecular formula is C24H24FNO2. The average molecular weight is 377 g/mol. The zero-order valence-corrected chi connectivity index (χ0v) is 16.1. The lowest BCUT2D eigenvalue weighted by Gasteiger charge is -2.20. The molecule has 0 radical (unpaired) electrons. The molecule has 0 aliphatic heterocycles. The molecular weight excluding hydrogens is 353 g/mol. The summed E-state index contributed by atoms with van der Waals surface area (Å²) >= 11 is 0. The van der Waals surface area contributed by atoms with Gasteiger partial charge in [0, 0.05) is 17.7 Å². The predicted molar refractivity (Wildman–Crippen MR) is 111 cm³/mol. The maximum Gasteiger partial charge on any atom is 0.165 e. The predicted octanol–water partition coefficient (Wildman–Crippen LogP) is 5.96.